The Kier molecular flexibility index (Phi) is 5.76. The van der Waals surface area contributed by atoms with Crippen molar-refractivity contribution in [3.05, 3.63) is 52.5 Å². The number of halogens is 2. The summed E-state index contributed by atoms with van der Waals surface area (Å²) in [6.07, 6.45) is 0. The van der Waals surface area contributed by atoms with Gasteiger partial charge in [0.05, 0.1) is 14.2 Å². The molecule has 0 saturated heterocycles. The lowest BCUT2D eigenvalue weighted by Crippen LogP contribution is -2.01. The monoisotopic (exact) mass is 370 g/mol. The van der Waals surface area contributed by atoms with Crippen LogP contribution in [0.25, 0.3) is 0 Å². The van der Waals surface area contributed by atoms with Crippen molar-refractivity contribution in [2.45, 2.75) is 11.9 Å². The molecule has 2 aromatic rings. The minimum Gasteiger partial charge on any atom is -0.497 e. The van der Waals surface area contributed by atoms with Crippen LogP contribution in [-0.4, -0.2) is 14.2 Å². The Bertz CT molecular complexity index is 591. The molecule has 0 aliphatic rings. The summed E-state index contributed by atoms with van der Waals surface area (Å²) in [7, 11) is 3.24. The highest BCUT2D eigenvalue weighted by Crippen LogP contribution is 2.36. The van der Waals surface area contributed by atoms with E-state index in [1.807, 2.05) is 30.3 Å². The Morgan fingerprint density at radius 1 is 1.10 bits per heavy atom. The molecule has 0 spiro atoms. The molecule has 0 aromatic heterocycles. The van der Waals surface area contributed by atoms with E-state index >= 15 is 0 Å². The van der Waals surface area contributed by atoms with E-state index in [1.54, 1.807) is 20.3 Å². The molecule has 2 rings (SSSR count). The number of benzene rings is 2. The summed E-state index contributed by atoms with van der Waals surface area (Å²) >= 11 is 9.50. The van der Waals surface area contributed by atoms with Crippen LogP contribution in [-0.2, 0) is 11.9 Å². The summed E-state index contributed by atoms with van der Waals surface area (Å²) in [5.41, 5.74) is 1.97. The number of methoxy groups -OCH3 is 2. The molecule has 0 heterocycles. The summed E-state index contributed by atoms with van der Waals surface area (Å²) in [5.74, 6) is 2.13. The van der Waals surface area contributed by atoms with Gasteiger partial charge in [0.15, 0.2) is 11.5 Å². The normalized spacial score (nSPS) is 10.3. The Morgan fingerprint density at radius 3 is 2.57 bits per heavy atom. The molecular formula is C16H16BrClO3. The summed E-state index contributed by atoms with van der Waals surface area (Å²) < 4.78 is 16.5. The van der Waals surface area contributed by atoms with Crippen LogP contribution in [0.3, 0.4) is 0 Å². The first-order valence-corrected chi connectivity index (χ1v) is 7.86. The fraction of sp³-hybridized carbons (Fsp3) is 0.250. The van der Waals surface area contributed by atoms with Crippen LogP contribution >= 0.6 is 27.5 Å². The zero-order chi connectivity index (χ0) is 15.2. The highest BCUT2D eigenvalue weighted by atomic mass is 79.9. The molecule has 0 aliphatic heterocycles. The Labute approximate surface area is 137 Å². The van der Waals surface area contributed by atoms with Gasteiger partial charge in [-0.25, -0.2) is 0 Å². The fourth-order valence-corrected chi connectivity index (χ4v) is 2.60. The lowest BCUT2D eigenvalue weighted by atomic mass is 10.2. The molecule has 0 atom stereocenters. The third-order valence-corrected chi connectivity index (χ3v) is 3.80. The van der Waals surface area contributed by atoms with Gasteiger partial charge in [-0.15, -0.1) is 0 Å². The van der Waals surface area contributed by atoms with Crippen LogP contribution < -0.4 is 14.2 Å². The first kappa shape index (κ1) is 16.0. The molecule has 0 N–H and O–H groups in total. The Balaban J connectivity index is 2.22. The number of rotatable bonds is 6. The van der Waals surface area contributed by atoms with E-state index in [9.17, 15) is 0 Å². The zero-order valence-corrected chi connectivity index (χ0v) is 14.2. The van der Waals surface area contributed by atoms with E-state index in [-0.39, 0.29) is 0 Å². The third kappa shape index (κ3) is 4.05. The molecule has 0 unspecified atom stereocenters. The molecule has 0 fully saturated rings. The maximum Gasteiger partial charge on any atom is 0.165 e. The van der Waals surface area contributed by atoms with Crippen LogP contribution in [0.4, 0.5) is 0 Å². The molecular weight excluding hydrogens is 356 g/mol. The van der Waals surface area contributed by atoms with E-state index < -0.39 is 0 Å². The predicted octanol–water partition coefficient (Wildman–Crippen LogP) is 4.83. The standard InChI is InChI=1S/C16H16BrClO3/c1-19-14-5-3-4-11(6-14)10-21-16-12(9-17)7-13(18)8-15(16)20-2/h3-8H,9-10H2,1-2H3. The van der Waals surface area contributed by atoms with Crippen molar-refractivity contribution < 1.29 is 14.2 Å². The fourth-order valence-electron chi connectivity index (χ4n) is 1.96. The van der Waals surface area contributed by atoms with Crippen molar-refractivity contribution in [3.8, 4) is 17.2 Å². The van der Waals surface area contributed by atoms with Gasteiger partial charge >= 0.3 is 0 Å². The third-order valence-electron chi connectivity index (χ3n) is 2.98. The van der Waals surface area contributed by atoms with E-state index in [4.69, 9.17) is 25.8 Å². The summed E-state index contributed by atoms with van der Waals surface area (Å²) in [5, 5.41) is 1.26. The van der Waals surface area contributed by atoms with Crippen LogP contribution in [0, 0.1) is 0 Å². The molecule has 5 heteroatoms. The smallest absolute Gasteiger partial charge is 0.165 e. The maximum absolute atomic E-state index is 6.06. The van der Waals surface area contributed by atoms with Gasteiger partial charge in [0.25, 0.3) is 0 Å². The molecule has 0 amide bonds. The van der Waals surface area contributed by atoms with Crippen molar-refractivity contribution in [1.29, 1.82) is 0 Å². The Morgan fingerprint density at radius 2 is 1.90 bits per heavy atom. The predicted molar refractivity (Wildman–Crippen MR) is 88.0 cm³/mol. The largest absolute Gasteiger partial charge is 0.497 e. The summed E-state index contributed by atoms with van der Waals surface area (Å²) in [6.45, 7) is 0.426. The van der Waals surface area contributed by atoms with Gasteiger partial charge in [0.1, 0.15) is 12.4 Å². The van der Waals surface area contributed by atoms with Crippen molar-refractivity contribution in [3.63, 3.8) is 0 Å². The van der Waals surface area contributed by atoms with Gasteiger partial charge in [0, 0.05) is 22.0 Å². The zero-order valence-electron chi connectivity index (χ0n) is 11.9. The van der Waals surface area contributed by atoms with Gasteiger partial charge < -0.3 is 14.2 Å². The number of hydrogen-bond acceptors (Lipinski definition) is 3. The molecule has 3 nitrogen and oxygen atoms in total. The molecule has 0 radical (unpaired) electrons. The Hall–Kier alpha value is -1.39. The van der Waals surface area contributed by atoms with Crippen molar-refractivity contribution >= 4 is 27.5 Å². The maximum atomic E-state index is 6.06. The van der Waals surface area contributed by atoms with Crippen molar-refractivity contribution in [2.24, 2.45) is 0 Å². The highest BCUT2D eigenvalue weighted by molar-refractivity contribution is 9.08. The van der Waals surface area contributed by atoms with Gasteiger partial charge in [-0.3, -0.25) is 0 Å². The second-order valence-corrected chi connectivity index (χ2v) is 5.37. The summed E-state index contributed by atoms with van der Waals surface area (Å²) in [4.78, 5) is 0. The second kappa shape index (κ2) is 7.57. The SMILES string of the molecule is COc1cccc(COc2c(CBr)cc(Cl)cc2OC)c1. The van der Waals surface area contributed by atoms with E-state index in [0.717, 1.165) is 16.9 Å². The summed E-state index contributed by atoms with van der Waals surface area (Å²) in [6, 6.07) is 11.4. The quantitative estimate of drug-likeness (QED) is 0.681. The van der Waals surface area contributed by atoms with Crippen molar-refractivity contribution in [1.82, 2.24) is 0 Å². The van der Waals surface area contributed by atoms with Crippen LogP contribution in [0.1, 0.15) is 11.1 Å². The first-order chi connectivity index (χ1) is 10.2. The lowest BCUT2D eigenvalue weighted by Gasteiger charge is -2.15. The first-order valence-electron chi connectivity index (χ1n) is 6.36. The molecule has 0 aliphatic carbocycles. The minimum atomic E-state index is 0.426. The van der Waals surface area contributed by atoms with E-state index in [1.165, 1.54) is 0 Å². The number of hydrogen-bond donors (Lipinski definition) is 0. The topological polar surface area (TPSA) is 27.7 Å². The minimum absolute atomic E-state index is 0.426. The second-order valence-electron chi connectivity index (χ2n) is 4.37. The van der Waals surface area contributed by atoms with Crippen LogP contribution in [0.15, 0.2) is 36.4 Å². The number of ether oxygens (including phenoxy) is 3. The molecule has 2 aromatic carbocycles. The van der Waals surface area contributed by atoms with Crippen molar-refractivity contribution in [2.75, 3.05) is 14.2 Å². The lowest BCUT2D eigenvalue weighted by molar-refractivity contribution is 0.281. The van der Waals surface area contributed by atoms with Gasteiger partial charge in [-0.2, -0.15) is 0 Å². The molecule has 0 bridgehead atoms. The average molecular weight is 372 g/mol. The van der Waals surface area contributed by atoms with Crippen LogP contribution in [0.2, 0.25) is 5.02 Å². The average Bonchev–Trinajstić information content (AvgIpc) is 2.52. The highest BCUT2D eigenvalue weighted by Gasteiger charge is 2.12. The molecule has 112 valence electrons. The number of alkyl halides is 1. The van der Waals surface area contributed by atoms with Crippen LogP contribution in [0.5, 0.6) is 17.2 Å². The van der Waals surface area contributed by atoms with Gasteiger partial charge in [-0.1, -0.05) is 39.7 Å². The molecule has 21 heavy (non-hydrogen) atoms. The van der Waals surface area contributed by atoms with Gasteiger partial charge in [0.2, 0.25) is 0 Å². The van der Waals surface area contributed by atoms with E-state index in [2.05, 4.69) is 15.9 Å². The van der Waals surface area contributed by atoms with Gasteiger partial charge in [-0.05, 0) is 23.8 Å². The van der Waals surface area contributed by atoms with E-state index in [0.29, 0.717) is 28.5 Å². The molecule has 0 saturated carbocycles.